The highest BCUT2D eigenvalue weighted by atomic mass is 35.5. The van der Waals surface area contributed by atoms with E-state index in [0.717, 1.165) is 24.9 Å². The van der Waals surface area contributed by atoms with Gasteiger partial charge in [0.1, 0.15) is 0 Å². The third kappa shape index (κ3) is 3.91. The average Bonchev–Trinajstić information content (AvgIpc) is 2.38. The molecule has 1 atom stereocenters. The molecule has 18 heavy (non-hydrogen) atoms. The van der Waals surface area contributed by atoms with Gasteiger partial charge in [-0.25, -0.2) is 4.79 Å². The van der Waals surface area contributed by atoms with Gasteiger partial charge in [-0.05, 0) is 25.0 Å². The van der Waals surface area contributed by atoms with Crippen molar-refractivity contribution in [2.24, 2.45) is 0 Å². The Bertz CT molecular complexity index is 395. The minimum absolute atomic E-state index is 0.0414. The second kappa shape index (κ2) is 7.27. The average molecular weight is 269 g/mol. The number of benzene rings is 1. The molecule has 1 N–H and O–H groups in total. The van der Waals surface area contributed by atoms with E-state index in [-0.39, 0.29) is 12.1 Å². The molecule has 100 valence electrons. The fourth-order valence-electron chi connectivity index (χ4n) is 1.70. The number of carbonyl (C=O) groups excluding carboxylic acids is 1. The van der Waals surface area contributed by atoms with Gasteiger partial charge in [-0.1, -0.05) is 43.1 Å². The molecule has 0 aliphatic rings. The van der Waals surface area contributed by atoms with Crippen molar-refractivity contribution in [1.82, 2.24) is 10.2 Å². The predicted octanol–water partition coefficient (Wildman–Crippen LogP) is 3.84. The molecular weight excluding hydrogens is 248 g/mol. The molecule has 0 heterocycles. The van der Waals surface area contributed by atoms with Gasteiger partial charge in [0, 0.05) is 18.6 Å². The highest BCUT2D eigenvalue weighted by Gasteiger charge is 2.18. The second-order valence-corrected chi connectivity index (χ2v) is 4.80. The van der Waals surface area contributed by atoms with Crippen LogP contribution in [0, 0.1) is 0 Å². The van der Waals surface area contributed by atoms with Crippen LogP contribution in [0.2, 0.25) is 5.02 Å². The minimum atomic E-state index is -0.0594. The smallest absolute Gasteiger partial charge is 0.317 e. The molecule has 1 unspecified atom stereocenters. The summed E-state index contributed by atoms with van der Waals surface area (Å²) in [4.78, 5) is 13.6. The van der Waals surface area contributed by atoms with Gasteiger partial charge >= 0.3 is 6.03 Å². The van der Waals surface area contributed by atoms with Crippen LogP contribution in [0.3, 0.4) is 0 Å². The van der Waals surface area contributed by atoms with Crippen molar-refractivity contribution in [3.05, 3.63) is 34.9 Å². The summed E-state index contributed by atoms with van der Waals surface area (Å²) in [5, 5.41) is 3.59. The Morgan fingerprint density at radius 2 is 2.11 bits per heavy atom. The first kappa shape index (κ1) is 14.8. The molecule has 0 bridgehead atoms. The van der Waals surface area contributed by atoms with Gasteiger partial charge in [0.05, 0.1) is 6.04 Å². The lowest BCUT2D eigenvalue weighted by Gasteiger charge is -2.26. The molecule has 1 aromatic rings. The molecule has 0 saturated heterocycles. The van der Waals surface area contributed by atoms with Crippen molar-refractivity contribution in [2.45, 2.75) is 32.7 Å². The predicted molar refractivity (Wildman–Crippen MR) is 75.9 cm³/mol. The number of urea groups is 1. The van der Waals surface area contributed by atoms with Crippen LogP contribution in [-0.2, 0) is 0 Å². The van der Waals surface area contributed by atoms with Crippen LogP contribution in [0.15, 0.2) is 24.3 Å². The molecule has 0 saturated carbocycles. The summed E-state index contributed by atoms with van der Waals surface area (Å²) in [6.45, 7) is 4.79. The van der Waals surface area contributed by atoms with E-state index in [2.05, 4.69) is 12.2 Å². The van der Waals surface area contributed by atoms with Gasteiger partial charge in [-0.15, -0.1) is 0 Å². The van der Waals surface area contributed by atoms with E-state index >= 15 is 0 Å². The molecule has 0 aliphatic heterocycles. The largest absolute Gasteiger partial charge is 0.338 e. The zero-order valence-electron chi connectivity index (χ0n) is 11.2. The summed E-state index contributed by atoms with van der Waals surface area (Å²) in [7, 11) is 1.79. The van der Waals surface area contributed by atoms with Gasteiger partial charge in [0.15, 0.2) is 0 Å². The van der Waals surface area contributed by atoms with E-state index < -0.39 is 0 Å². The Labute approximate surface area is 114 Å². The molecule has 4 heteroatoms. The maximum absolute atomic E-state index is 11.9. The fraction of sp³-hybridized carbons (Fsp3) is 0.500. The van der Waals surface area contributed by atoms with Crippen LogP contribution < -0.4 is 5.32 Å². The number of nitrogens with one attached hydrogen (secondary N) is 1. The van der Waals surface area contributed by atoms with Crippen molar-refractivity contribution >= 4 is 17.6 Å². The number of halogens is 1. The van der Waals surface area contributed by atoms with Crippen LogP contribution in [0.5, 0.6) is 0 Å². The molecule has 1 rings (SSSR count). The van der Waals surface area contributed by atoms with Crippen LogP contribution >= 0.6 is 11.6 Å². The number of rotatable bonds is 5. The summed E-state index contributed by atoms with van der Waals surface area (Å²) >= 11 is 6.14. The van der Waals surface area contributed by atoms with E-state index in [1.807, 2.05) is 31.2 Å². The summed E-state index contributed by atoms with van der Waals surface area (Å²) in [5.41, 5.74) is 0.965. The lowest BCUT2D eigenvalue weighted by molar-refractivity contribution is 0.194. The third-order valence-electron chi connectivity index (χ3n) is 3.06. The highest BCUT2D eigenvalue weighted by Crippen LogP contribution is 2.25. The van der Waals surface area contributed by atoms with E-state index in [1.54, 1.807) is 11.9 Å². The standard InChI is InChI=1S/C14H21ClN2O/c1-4-5-10-16-14(18)17(3)11(2)12-8-6-7-9-13(12)15/h6-9,11H,4-5,10H2,1-3H3,(H,16,18). The van der Waals surface area contributed by atoms with E-state index in [9.17, 15) is 4.79 Å². The van der Waals surface area contributed by atoms with Gasteiger partial charge in [0.2, 0.25) is 0 Å². The molecule has 0 aromatic heterocycles. The number of hydrogen-bond acceptors (Lipinski definition) is 1. The number of nitrogens with zero attached hydrogens (tertiary/aromatic N) is 1. The zero-order chi connectivity index (χ0) is 13.5. The molecule has 3 nitrogen and oxygen atoms in total. The molecule has 1 aromatic carbocycles. The van der Waals surface area contributed by atoms with Crippen molar-refractivity contribution in [2.75, 3.05) is 13.6 Å². The van der Waals surface area contributed by atoms with Crippen LogP contribution in [0.4, 0.5) is 4.79 Å². The molecule has 2 amide bonds. The Kier molecular flexibility index (Phi) is 5.99. The molecule has 0 spiro atoms. The number of amides is 2. The lowest BCUT2D eigenvalue weighted by atomic mass is 10.1. The lowest BCUT2D eigenvalue weighted by Crippen LogP contribution is -2.39. The van der Waals surface area contributed by atoms with Crippen LogP contribution in [-0.4, -0.2) is 24.5 Å². The van der Waals surface area contributed by atoms with Crippen molar-refractivity contribution < 1.29 is 4.79 Å². The van der Waals surface area contributed by atoms with Gasteiger partial charge in [0.25, 0.3) is 0 Å². The third-order valence-corrected chi connectivity index (χ3v) is 3.41. The SMILES string of the molecule is CCCCNC(=O)N(C)C(C)c1ccccc1Cl. The number of carbonyl (C=O) groups is 1. The van der Waals surface area contributed by atoms with Gasteiger partial charge < -0.3 is 10.2 Å². The topological polar surface area (TPSA) is 32.3 Å². The zero-order valence-corrected chi connectivity index (χ0v) is 12.0. The Morgan fingerprint density at radius 1 is 1.44 bits per heavy atom. The quantitative estimate of drug-likeness (QED) is 0.809. The molecular formula is C14H21ClN2O. The van der Waals surface area contributed by atoms with E-state index in [0.29, 0.717) is 5.02 Å². The van der Waals surface area contributed by atoms with Crippen LogP contribution in [0.1, 0.15) is 38.3 Å². The van der Waals surface area contributed by atoms with Crippen molar-refractivity contribution in [3.63, 3.8) is 0 Å². The summed E-state index contributed by atoms with van der Waals surface area (Å²) in [6.07, 6.45) is 2.07. The first-order valence-corrected chi connectivity index (χ1v) is 6.70. The molecule has 0 radical (unpaired) electrons. The summed E-state index contributed by atoms with van der Waals surface area (Å²) in [5.74, 6) is 0. The maximum Gasteiger partial charge on any atom is 0.317 e. The van der Waals surface area contributed by atoms with E-state index in [4.69, 9.17) is 11.6 Å². The Balaban J connectivity index is 2.63. The maximum atomic E-state index is 11.9. The first-order valence-electron chi connectivity index (χ1n) is 6.33. The number of hydrogen-bond donors (Lipinski definition) is 1. The summed E-state index contributed by atoms with van der Waals surface area (Å²) in [6, 6.07) is 7.51. The van der Waals surface area contributed by atoms with Gasteiger partial charge in [-0.3, -0.25) is 0 Å². The minimum Gasteiger partial charge on any atom is -0.338 e. The van der Waals surface area contributed by atoms with Crippen molar-refractivity contribution in [3.8, 4) is 0 Å². The first-order chi connectivity index (χ1) is 8.57. The molecule has 0 fully saturated rings. The number of unbranched alkanes of at least 4 members (excludes halogenated alkanes) is 1. The van der Waals surface area contributed by atoms with Gasteiger partial charge in [-0.2, -0.15) is 0 Å². The Hall–Kier alpha value is -1.22. The van der Waals surface area contributed by atoms with Crippen molar-refractivity contribution in [1.29, 1.82) is 0 Å². The monoisotopic (exact) mass is 268 g/mol. The van der Waals surface area contributed by atoms with Crippen LogP contribution in [0.25, 0.3) is 0 Å². The highest BCUT2D eigenvalue weighted by molar-refractivity contribution is 6.31. The Morgan fingerprint density at radius 3 is 2.72 bits per heavy atom. The second-order valence-electron chi connectivity index (χ2n) is 4.39. The fourth-order valence-corrected chi connectivity index (χ4v) is 1.99. The molecule has 0 aliphatic carbocycles. The van der Waals surface area contributed by atoms with E-state index in [1.165, 1.54) is 0 Å². The summed E-state index contributed by atoms with van der Waals surface area (Å²) < 4.78 is 0. The normalized spacial score (nSPS) is 12.0.